The first-order valence-corrected chi connectivity index (χ1v) is 16.3. The number of hydrogen-bond acceptors (Lipinski definition) is 8. The monoisotopic (exact) mass is 638 g/mol. The molecule has 5 atom stereocenters. The average Bonchev–Trinajstić information content (AvgIpc) is 3.34. The summed E-state index contributed by atoms with van der Waals surface area (Å²) in [6.07, 6.45) is 6.11. The number of nitrogens with one attached hydrogen (secondary N) is 2. The largest absolute Gasteiger partial charge is 0.479 e. The van der Waals surface area contributed by atoms with E-state index < -0.39 is 53.7 Å². The van der Waals surface area contributed by atoms with E-state index in [0.29, 0.717) is 52.0 Å². The minimum absolute atomic E-state index is 0.000449. The molecule has 0 aromatic heterocycles. The number of ether oxygens (including phenoxy) is 3. The number of rotatable bonds is 4. The topological polar surface area (TPSA) is 164 Å². The molecule has 0 unspecified atom stereocenters. The van der Waals surface area contributed by atoms with Gasteiger partial charge in [-0.3, -0.25) is 14.5 Å². The molecule has 1 saturated carbocycles. The van der Waals surface area contributed by atoms with Gasteiger partial charge in [-0.1, -0.05) is 49.3 Å². The Morgan fingerprint density at radius 3 is 2.43 bits per heavy atom. The van der Waals surface area contributed by atoms with E-state index in [2.05, 4.69) is 10.6 Å². The molecule has 2 saturated heterocycles. The van der Waals surface area contributed by atoms with E-state index in [0.717, 1.165) is 30.4 Å². The highest BCUT2D eigenvalue weighted by molar-refractivity contribution is 5.96. The van der Waals surface area contributed by atoms with Gasteiger partial charge >= 0.3 is 18.2 Å². The number of nitrogens with zero attached hydrogens (tertiary/aromatic N) is 2. The number of hydrogen-bond donors (Lipinski definition) is 3. The minimum atomic E-state index is -1.45. The number of carbonyl (C=O) groups excluding carboxylic acids is 4. The summed E-state index contributed by atoms with van der Waals surface area (Å²) in [5.41, 5.74) is 0.604. The second kappa shape index (κ2) is 13.7. The van der Waals surface area contributed by atoms with Gasteiger partial charge < -0.3 is 34.9 Å². The van der Waals surface area contributed by atoms with Crippen LogP contribution in [0.5, 0.6) is 0 Å². The second-order valence-electron chi connectivity index (χ2n) is 12.9. The lowest BCUT2D eigenvalue weighted by Gasteiger charge is -2.30. The fourth-order valence-electron chi connectivity index (χ4n) is 6.95. The molecule has 248 valence electrons. The molecule has 4 heterocycles. The predicted molar refractivity (Wildman–Crippen MR) is 162 cm³/mol. The van der Waals surface area contributed by atoms with Crippen LogP contribution >= 0.6 is 0 Å². The van der Waals surface area contributed by atoms with Crippen molar-refractivity contribution in [3.8, 4) is 0 Å². The third kappa shape index (κ3) is 6.98. The van der Waals surface area contributed by atoms with Crippen molar-refractivity contribution < 1.29 is 43.3 Å². The fraction of sp³-hybridized carbons (Fsp3) is 0.606. The summed E-state index contributed by atoms with van der Waals surface area (Å²) in [6, 6.07) is 5.66. The predicted octanol–water partition coefficient (Wildman–Crippen LogP) is 2.86. The van der Waals surface area contributed by atoms with Gasteiger partial charge in [0.2, 0.25) is 11.8 Å². The maximum Gasteiger partial charge on any atom is 0.410 e. The Bertz CT molecular complexity index is 1350. The van der Waals surface area contributed by atoms with Gasteiger partial charge in [0.15, 0.2) is 0 Å². The molecule has 1 aliphatic carbocycles. The lowest BCUT2D eigenvalue weighted by molar-refractivity contribution is -0.145. The highest BCUT2D eigenvalue weighted by Gasteiger charge is 2.61. The summed E-state index contributed by atoms with van der Waals surface area (Å²) in [5.74, 6) is -2.62. The number of benzene rings is 1. The first kappa shape index (κ1) is 31.8. The van der Waals surface area contributed by atoms with Crippen LogP contribution in [0.25, 0.3) is 0 Å². The molecule has 13 heteroatoms. The maximum absolute atomic E-state index is 14.2. The molecule has 4 amide bonds. The first-order valence-electron chi connectivity index (χ1n) is 16.3. The third-order valence-corrected chi connectivity index (χ3v) is 9.72. The summed E-state index contributed by atoms with van der Waals surface area (Å²) < 4.78 is 16.8. The molecule has 1 aromatic rings. The molecule has 46 heavy (non-hydrogen) atoms. The van der Waals surface area contributed by atoms with E-state index in [1.807, 2.05) is 36.4 Å². The van der Waals surface area contributed by atoms with Crippen molar-refractivity contribution in [1.29, 1.82) is 0 Å². The molecule has 1 aromatic carbocycles. The van der Waals surface area contributed by atoms with Crippen molar-refractivity contribution in [2.45, 2.75) is 101 Å². The number of carbonyl (C=O) groups is 5. The van der Waals surface area contributed by atoms with Gasteiger partial charge in [-0.05, 0) is 36.8 Å². The zero-order valence-corrected chi connectivity index (χ0v) is 25.9. The molecule has 13 nitrogen and oxygen atoms in total. The van der Waals surface area contributed by atoms with E-state index in [9.17, 15) is 29.1 Å². The number of carboxylic acids is 1. The lowest BCUT2D eigenvalue weighted by atomic mass is 10.0. The first-order chi connectivity index (χ1) is 22.2. The van der Waals surface area contributed by atoms with Gasteiger partial charge in [0, 0.05) is 38.3 Å². The Kier molecular flexibility index (Phi) is 9.48. The molecule has 6 rings (SSSR count). The number of allylic oxidation sites excluding steroid dienone is 1. The Morgan fingerprint density at radius 1 is 0.978 bits per heavy atom. The third-order valence-electron chi connectivity index (χ3n) is 9.72. The maximum atomic E-state index is 14.2. The van der Waals surface area contributed by atoms with Gasteiger partial charge in [-0.2, -0.15) is 0 Å². The van der Waals surface area contributed by atoms with Crippen LogP contribution in [0.1, 0.15) is 68.9 Å². The lowest BCUT2D eigenvalue weighted by Crippen LogP contribution is -2.56. The molecule has 5 aliphatic rings. The highest BCUT2D eigenvalue weighted by atomic mass is 16.6. The summed E-state index contributed by atoms with van der Waals surface area (Å²) in [6.45, 7) is 1.69. The van der Waals surface area contributed by atoms with Crippen molar-refractivity contribution in [3.63, 3.8) is 0 Å². The van der Waals surface area contributed by atoms with E-state index in [1.54, 1.807) is 4.90 Å². The number of fused-ring (bicyclic) bond motifs is 3. The smallest absolute Gasteiger partial charge is 0.410 e. The van der Waals surface area contributed by atoms with Crippen LogP contribution in [0.4, 0.5) is 9.59 Å². The summed E-state index contributed by atoms with van der Waals surface area (Å²) in [7, 11) is 0. The van der Waals surface area contributed by atoms with Crippen molar-refractivity contribution >= 4 is 30.0 Å². The average molecular weight is 639 g/mol. The highest BCUT2D eigenvalue weighted by Crippen LogP contribution is 2.45. The molecule has 4 aliphatic heterocycles. The van der Waals surface area contributed by atoms with Crippen LogP contribution in [0.15, 0.2) is 36.4 Å². The molecule has 3 N–H and O–H groups in total. The standard InChI is InChI=1S/C33H42N4O9/c38-28-27-16-25(46-32(43)36-18-21-8-6-7-9-22(21)19-36)20-37(27)29(39)26(34-31(42)45-24-12-14-44-15-13-24)11-5-3-1-2-4-10-23-17-33(23,35-28)30(40)41/h4,6-10,23-27H,1-3,5,11-20H2,(H,34,42)(H,35,38)(H,40,41)/b10-4-/t23-,25+,26-,27-,33+/m0/s1. The van der Waals surface area contributed by atoms with Gasteiger partial charge in [-0.25, -0.2) is 14.4 Å². The zero-order valence-electron chi connectivity index (χ0n) is 25.9. The second-order valence-corrected chi connectivity index (χ2v) is 12.9. The Balaban J connectivity index is 1.20. The van der Waals surface area contributed by atoms with Gasteiger partial charge in [0.1, 0.15) is 29.8 Å². The van der Waals surface area contributed by atoms with E-state index in [1.165, 1.54) is 4.90 Å². The zero-order chi connectivity index (χ0) is 32.3. The molecule has 0 spiro atoms. The van der Waals surface area contributed by atoms with Crippen molar-refractivity contribution in [2.24, 2.45) is 5.92 Å². The quantitative estimate of drug-likeness (QED) is 0.421. The van der Waals surface area contributed by atoms with Crippen LogP contribution in [0, 0.1) is 5.92 Å². The molecule has 0 bridgehead atoms. The molecular weight excluding hydrogens is 596 g/mol. The number of amides is 4. The Morgan fingerprint density at radius 2 is 1.72 bits per heavy atom. The van der Waals surface area contributed by atoms with Crippen LogP contribution in [-0.2, 0) is 41.7 Å². The van der Waals surface area contributed by atoms with Crippen LogP contribution in [0.3, 0.4) is 0 Å². The number of aliphatic carboxylic acids is 1. The van der Waals surface area contributed by atoms with Crippen LogP contribution in [0.2, 0.25) is 0 Å². The summed E-state index contributed by atoms with van der Waals surface area (Å²) in [4.78, 5) is 69.3. The van der Waals surface area contributed by atoms with Crippen molar-refractivity contribution in [3.05, 3.63) is 47.5 Å². The van der Waals surface area contributed by atoms with Crippen molar-refractivity contribution in [1.82, 2.24) is 20.4 Å². The van der Waals surface area contributed by atoms with Crippen LogP contribution < -0.4 is 10.6 Å². The summed E-state index contributed by atoms with van der Waals surface area (Å²) in [5, 5.41) is 15.5. The van der Waals surface area contributed by atoms with E-state index in [4.69, 9.17) is 14.2 Å². The van der Waals surface area contributed by atoms with Gasteiger partial charge in [0.05, 0.1) is 19.8 Å². The normalized spacial score (nSPS) is 30.9. The Hall–Kier alpha value is -4.13. The fourth-order valence-corrected chi connectivity index (χ4v) is 6.95. The van der Waals surface area contributed by atoms with Crippen LogP contribution in [-0.4, -0.2) is 94.5 Å². The molecular formula is C33H42N4O9. The Labute approximate surface area is 267 Å². The molecule has 0 radical (unpaired) electrons. The van der Waals surface area contributed by atoms with E-state index in [-0.39, 0.29) is 31.4 Å². The number of alkyl carbamates (subject to hydrolysis) is 1. The SMILES string of the molecule is O=C(N[C@H]1CCCCC/C=C\[C@H]2C[C@@]2(C(=O)O)NC(=O)[C@@H]2C[C@@H](OC(=O)N3Cc4ccccc4C3)CN2C1=O)OC1CCOCC1. The minimum Gasteiger partial charge on any atom is -0.479 e. The van der Waals surface area contributed by atoms with Gasteiger partial charge in [0.25, 0.3) is 0 Å². The van der Waals surface area contributed by atoms with Crippen molar-refractivity contribution in [2.75, 3.05) is 19.8 Å². The van der Waals surface area contributed by atoms with E-state index >= 15 is 0 Å². The molecule has 3 fully saturated rings. The summed E-state index contributed by atoms with van der Waals surface area (Å²) >= 11 is 0. The number of carboxylic acid groups (broad SMARTS) is 1. The van der Waals surface area contributed by atoms with Gasteiger partial charge in [-0.15, -0.1) is 0 Å².